The van der Waals surface area contributed by atoms with E-state index in [4.69, 9.17) is 0 Å². The predicted molar refractivity (Wildman–Crippen MR) is 328 cm³/mol. The standard InChI is InChI=1S/C75H55N3/c1-73(2)61-24-14-10-20-49(61)53-36-56-57-37-54-50-21-11-15-25-62(50)74(3,4)65(54)42-71(57)78(70(56)41-64(53)73)48-34-30-45(31-35-48)44-28-32-47(33-29-44)77-69-39-59-52-23-13-17-27-67(52)76(46-18-8-7-9-19-46)68(59)40-60(69)58-38-55-51-22-12-16-26-63(51)75(5,6)66(55)43-72(58)77/h7-43H,1-6H3. The number of aromatic nitrogens is 3. The Labute approximate surface area is 453 Å². The number of benzene rings is 11. The van der Waals surface area contributed by atoms with Crippen LogP contribution in [-0.4, -0.2) is 13.7 Å². The Morgan fingerprint density at radius 2 is 0.526 bits per heavy atom. The van der Waals surface area contributed by atoms with Crippen molar-refractivity contribution in [1.82, 2.24) is 13.7 Å². The maximum atomic E-state index is 2.54. The largest absolute Gasteiger partial charge is 0.309 e. The first-order valence-electron chi connectivity index (χ1n) is 27.7. The zero-order valence-electron chi connectivity index (χ0n) is 44.7. The highest BCUT2D eigenvalue weighted by Crippen LogP contribution is 2.55. The molecule has 0 bridgehead atoms. The van der Waals surface area contributed by atoms with E-state index in [0.29, 0.717) is 0 Å². The lowest BCUT2D eigenvalue weighted by molar-refractivity contribution is 0.660. The van der Waals surface area contributed by atoms with Crippen molar-refractivity contribution < 1.29 is 0 Å². The molecular weight excluding hydrogens is 943 g/mol. The summed E-state index contributed by atoms with van der Waals surface area (Å²) in [5, 5.41) is 7.62. The molecule has 3 heteroatoms. The van der Waals surface area contributed by atoms with Crippen molar-refractivity contribution in [2.75, 3.05) is 0 Å². The minimum absolute atomic E-state index is 0.114. The first kappa shape index (κ1) is 44.0. The lowest BCUT2D eigenvalue weighted by Gasteiger charge is -2.22. The third-order valence-corrected chi connectivity index (χ3v) is 19.0. The molecule has 3 aromatic heterocycles. The quantitative estimate of drug-likeness (QED) is 0.167. The molecule has 0 spiro atoms. The summed E-state index contributed by atoms with van der Waals surface area (Å²) in [6, 6.07) is 85.3. The Bertz CT molecular complexity index is 4830. The van der Waals surface area contributed by atoms with Crippen LogP contribution in [0.4, 0.5) is 0 Å². The van der Waals surface area contributed by atoms with E-state index in [1.54, 1.807) is 0 Å². The number of nitrogens with zero attached hydrogens (tertiary/aromatic N) is 3. The molecule has 0 N–H and O–H groups in total. The summed E-state index contributed by atoms with van der Waals surface area (Å²) in [7, 11) is 0. The van der Waals surface area contributed by atoms with E-state index in [1.807, 2.05) is 0 Å². The van der Waals surface area contributed by atoms with Gasteiger partial charge in [-0.15, -0.1) is 0 Å². The van der Waals surface area contributed by atoms with Crippen LogP contribution in [0.5, 0.6) is 0 Å². The molecule has 0 saturated carbocycles. The van der Waals surface area contributed by atoms with Gasteiger partial charge in [-0.25, -0.2) is 0 Å². The average molecular weight is 998 g/mol. The summed E-state index contributed by atoms with van der Waals surface area (Å²) in [5.41, 5.74) is 29.3. The molecule has 0 amide bonds. The Balaban J connectivity index is 0.827. The van der Waals surface area contributed by atoms with Crippen molar-refractivity contribution in [3.05, 3.63) is 258 Å². The number of hydrogen-bond donors (Lipinski definition) is 0. The minimum Gasteiger partial charge on any atom is -0.309 e. The van der Waals surface area contributed by atoms with Gasteiger partial charge in [0, 0.05) is 65.6 Å². The van der Waals surface area contributed by atoms with E-state index in [2.05, 4.69) is 280 Å². The van der Waals surface area contributed by atoms with Crippen LogP contribution in [0.25, 0.3) is 127 Å². The molecule has 3 heterocycles. The van der Waals surface area contributed by atoms with Crippen LogP contribution in [0, 0.1) is 0 Å². The zero-order chi connectivity index (χ0) is 52.1. The molecule has 3 aliphatic rings. The van der Waals surface area contributed by atoms with Gasteiger partial charge in [-0.1, -0.05) is 175 Å². The Morgan fingerprint density at radius 1 is 0.218 bits per heavy atom. The fraction of sp³-hybridized carbons (Fsp3) is 0.120. The summed E-state index contributed by atoms with van der Waals surface area (Å²) in [6.07, 6.45) is 0. The second-order valence-corrected chi connectivity index (χ2v) is 24.1. The van der Waals surface area contributed by atoms with Crippen LogP contribution in [0.1, 0.15) is 74.9 Å². The third kappa shape index (κ3) is 5.63. The van der Waals surface area contributed by atoms with Gasteiger partial charge in [-0.2, -0.15) is 0 Å². The summed E-state index contributed by atoms with van der Waals surface area (Å²) >= 11 is 0. The molecule has 0 fully saturated rings. The van der Waals surface area contributed by atoms with Gasteiger partial charge in [0.2, 0.25) is 0 Å². The first-order valence-corrected chi connectivity index (χ1v) is 27.7. The van der Waals surface area contributed by atoms with Crippen molar-refractivity contribution in [2.45, 2.75) is 57.8 Å². The average Bonchev–Trinajstić information content (AvgIpc) is 3.52. The topological polar surface area (TPSA) is 14.8 Å². The van der Waals surface area contributed by atoms with Gasteiger partial charge in [-0.05, 0) is 169 Å². The molecule has 17 rings (SSSR count). The van der Waals surface area contributed by atoms with Crippen molar-refractivity contribution in [2.24, 2.45) is 0 Å². The lowest BCUT2D eigenvalue weighted by atomic mass is 9.82. The van der Waals surface area contributed by atoms with E-state index in [1.165, 1.54) is 155 Å². The van der Waals surface area contributed by atoms with Crippen LogP contribution >= 0.6 is 0 Å². The SMILES string of the molecule is CC1(C)c2ccccc2-c2cc3c4cc5c(cc4n(-c4ccc(-c6ccc(-n7c8cc9c(cc8c8cc%10c(cc87)c7ccccc7n%10-c7ccccc7)-c7ccccc7C9(C)C)cc6)cc4)c3cc21)C(C)(C)c1ccccc1-5. The van der Waals surface area contributed by atoms with Crippen LogP contribution in [0.3, 0.4) is 0 Å². The fourth-order valence-corrected chi connectivity index (χ4v) is 15.1. The number of rotatable bonds is 4. The molecule has 3 nitrogen and oxygen atoms in total. The van der Waals surface area contributed by atoms with Crippen molar-refractivity contribution in [3.8, 4) is 61.6 Å². The van der Waals surface area contributed by atoms with Gasteiger partial charge in [0.15, 0.2) is 0 Å². The van der Waals surface area contributed by atoms with Gasteiger partial charge in [-0.3, -0.25) is 0 Å². The number of hydrogen-bond acceptors (Lipinski definition) is 0. The van der Waals surface area contributed by atoms with Crippen LogP contribution in [0.15, 0.2) is 224 Å². The molecule has 0 aliphatic heterocycles. The predicted octanol–water partition coefficient (Wildman–Crippen LogP) is 19.6. The van der Waals surface area contributed by atoms with Crippen molar-refractivity contribution in [1.29, 1.82) is 0 Å². The molecule has 0 atom stereocenters. The van der Waals surface area contributed by atoms with E-state index in [0.717, 1.165) is 5.69 Å². The molecule has 78 heavy (non-hydrogen) atoms. The molecule has 0 unspecified atom stereocenters. The smallest absolute Gasteiger partial charge is 0.0548 e. The van der Waals surface area contributed by atoms with Crippen molar-refractivity contribution in [3.63, 3.8) is 0 Å². The second-order valence-electron chi connectivity index (χ2n) is 24.1. The maximum Gasteiger partial charge on any atom is 0.0548 e. The van der Waals surface area contributed by atoms with Gasteiger partial charge < -0.3 is 13.7 Å². The Kier molecular flexibility index (Phi) is 8.49. The summed E-state index contributed by atoms with van der Waals surface area (Å²) in [6.45, 7) is 14.3. The first-order chi connectivity index (χ1) is 37.9. The van der Waals surface area contributed by atoms with Gasteiger partial charge in [0.05, 0.1) is 33.1 Å². The lowest BCUT2D eigenvalue weighted by Crippen LogP contribution is -2.15. The van der Waals surface area contributed by atoms with Gasteiger partial charge in [0.25, 0.3) is 0 Å². The fourth-order valence-electron chi connectivity index (χ4n) is 15.1. The van der Waals surface area contributed by atoms with Crippen molar-refractivity contribution >= 4 is 65.4 Å². The molecule has 0 saturated heterocycles. The van der Waals surface area contributed by atoms with E-state index in [9.17, 15) is 0 Å². The Hall–Kier alpha value is -9.18. The van der Waals surface area contributed by atoms with Crippen LogP contribution in [0.2, 0.25) is 0 Å². The third-order valence-electron chi connectivity index (χ3n) is 19.0. The molecule has 3 aliphatic carbocycles. The summed E-state index contributed by atoms with van der Waals surface area (Å²) in [5.74, 6) is 0. The molecule has 0 radical (unpaired) electrons. The summed E-state index contributed by atoms with van der Waals surface area (Å²) in [4.78, 5) is 0. The van der Waals surface area contributed by atoms with E-state index in [-0.39, 0.29) is 16.2 Å². The molecule has 370 valence electrons. The number of para-hydroxylation sites is 2. The van der Waals surface area contributed by atoms with Crippen LogP contribution < -0.4 is 0 Å². The molecular formula is C75H55N3. The highest BCUT2D eigenvalue weighted by molar-refractivity contribution is 6.20. The number of fused-ring (bicyclic) bond motifs is 18. The maximum absolute atomic E-state index is 2.54. The van der Waals surface area contributed by atoms with Gasteiger partial charge >= 0.3 is 0 Å². The second kappa shape index (κ2) is 15.1. The van der Waals surface area contributed by atoms with Gasteiger partial charge in [0.1, 0.15) is 0 Å². The van der Waals surface area contributed by atoms with E-state index < -0.39 is 0 Å². The van der Waals surface area contributed by atoms with Crippen LogP contribution in [-0.2, 0) is 16.2 Å². The molecule has 14 aromatic rings. The van der Waals surface area contributed by atoms with E-state index >= 15 is 0 Å². The highest BCUT2D eigenvalue weighted by atomic mass is 15.0. The Morgan fingerprint density at radius 3 is 0.949 bits per heavy atom. The normalized spacial score (nSPS) is 15.1. The zero-order valence-corrected chi connectivity index (χ0v) is 44.7. The summed E-state index contributed by atoms with van der Waals surface area (Å²) < 4.78 is 7.52. The minimum atomic E-state index is -0.133. The highest BCUT2D eigenvalue weighted by Gasteiger charge is 2.40. The monoisotopic (exact) mass is 997 g/mol. The molecule has 11 aromatic carbocycles.